The zero-order chi connectivity index (χ0) is 45.9. The van der Waals surface area contributed by atoms with Gasteiger partial charge in [0.2, 0.25) is 33.5 Å². The number of hydrogen-bond acceptors (Lipinski definition) is 12. The number of amides is 5. The maximum atomic E-state index is 15.6. The highest BCUT2D eigenvalue weighted by Crippen LogP contribution is 2.37. The Kier molecular flexibility index (Phi) is 11.2. The first-order valence-electron chi connectivity index (χ1n) is 21.3. The minimum Gasteiger partial charge on any atom is -0.382 e. The van der Waals surface area contributed by atoms with Gasteiger partial charge in [0.25, 0.3) is 11.8 Å². The van der Waals surface area contributed by atoms with Gasteiger partial charge in [-0.2, -0.15) is 0 Å². The number of fused-ring (bicyclic) bond motifs is 2. The third-order valence-electron chi connectivity index (χ3n) is 12.8. The molecule has 65 heavy (non-hydrogen) atoms. The summed E-state index contributed by atoms with van der Waals surface area (Å²) < 4.78 is 58.1. The number of nitrogens with zero attached hydrogens (tertiary/aromatic N) is 5. The second kappa shape index (κ2) is 16.8. The molecule has 3 fully saturated rings. The molecule has 3 aliphatic heterocycles. The number of rotatable bonds is 12. The van der Waals surface area contributed by atoms with E-state index in [1.165, 1.54) is 19.2 Å². The van der Waals surface area contributed by atoms with Crippen LogP contribution in [0.2, 0.25) is 0 Å². The molecule has 6 heterocycles. The third kappa shape index (κ3) is 7.84. The quantitative estimate of drug-likeness (QED) is 0.0995. The monoisotopic (exact) mass is 907 g/mol. The predicted octanol–water partition coefficient (Wildman–Crippen LogP) is 4.61. The zero-order valence-electron chi connectivity index (χ0n) is 35.2. The fourth-order valence-electron chi connectivity index (χ4n) is 8.75. The van der Waals surface area contributed by atoms with Crippen LogP contribution >= 0.6 is 0 Å². The Morgan fingerprint density at radius 1 is 0.923 bits per heavy atom. The van der Waals surface area contributed by atoms with Crippen molar-refractivity contribution in [2.24, 2.45) is 5.92 Å². The lowest BCUT2D eigenvalue weighted by molar-refractivity contribution is -0.139. The van der Waals surface area contributed by atoms with Crippen LogP contribution in [-0.2, 0) is 24.4 Å². The number of halogens is 2. The van der Waals surface area contributed by atoms with Gasteiger partial charge in [-0.05, 0) is 75.1 Å². The zero-order valence-corrected chi connectivity index (χ0v) is 36.0. The molecule has 4 aliphatic rings. The second-order valence-electron chi connectivity index (χ2n) is 16.7. The number of anilines is 3. The number of nitrogens with one attached hydrogen (secondary N) is 4. The SMILES string of the molecule is CCC(C)S(=O)(=O)Nc1ccc(F)c(C(=O)c2c[nH]c3ncc(-c4ccc(N5CCN(C(=O)[C@H]6C[C@H](Nc7cccc8c7C(=O)N(C7CCC(=O)NC7=O)C8=O)C6)CC5)nc4)cc23)c1F. The third-order valence-corrected chi connectivity index (χ3v) is 14.7. The average Bonchev–Trinajstić information content (AvgIpc) is 3.82. The maximum Gasteiger partial charge on any atom is 0.264 e. The van der Waals surface area contributed by atoms with E-state index in [4.69, 9.17) is 0 Å². The average molecular weight is 908 g/mol. The van der Waals surface area contributed by atoms with E-state index < -0.39 is 73.6 Å². The standard InChI is InChI=1S/C45H43F2N9O8S/c1-3-23(2)65(63,64)53-33-9-8-31(46)38(39(33)47)40(58)30-22-50-41-29(30)19-26(21-49-41)24-7-11-35(48-20-24)54-13-15-55(16-14-54)43(60)25-17-27(18-25)51-32-6-4-5-28-37(32)45(62)56(44(28)61)34-10-12-36(57)52-42(34)59/h4-9,11,19-23,25,27,34,51,53H,3,10,12-18H2,1-2H3,(H,49,50)(H,52,57,59)/t23?,25-,27-,34?. The van der Waals surface area contributed by atoms with E-state index in [1.54, 1.807) is 37.5 Å². The molecule has 336 valence electrons. The van der Waals surface area contributed by atoms with Gasteiger partial charge in [-0.3, -0.25) is 43.7 Å². The molecule has 0 spiro atoms. The van der Waals surface area contributed by atoms with Gasteiger partial charge in [0.1, 0.15) is 23.3 Å². The number of ketones is 1. The normalized spacial score (nSPS) is 20.4. The van der Waals surface area contributed by atoms with Crippen molar-refractivity contribution in [3.63, 3.8) is 0 Å². The Bertz CT molecular complexity index is 2930. The van der Waals surface area contributed by atoms with Crippen molar-refractivity contribution in [1.82, 2.24) is 30.1 Å². The smallest absolute Gasteiger partial charge is 0.264 e. The first-order valence-corrected chi connectivity index (χ1v) is 22.8. The van der Waals surface area contributed by atoms with E-state index in [-0.39, 0.29) is 53.8 Å². The molecule has 2 saturated heterocycles. The lowest BCUT2D eigenvalue weighted by Crippen LogP contribution is -2.54. The van der Waals surface area contributed by atoms with Crippen molar-refractivity contribution in [3.05, 3.63) is 101 Å². The van der Waals surface area contributed by atoms with E-state index in [9.17, 15) is 37.2 Å². The van der Waals surface area contributed by atoms with Crippen LogP contribution in [0.25, 0.3) is 22.2 Å². The maximum absolute atomic E-state index is 15.6. The van der Waals surface area contributed by atoms with E-state index in [1.807, 2.05) is 17.0 Å². The lowest BCUT2D eigenvalue weighted by Gasteiger charge is -2.41. The summed E-state index contributed by atoms with van der Waals surface area (Å²) in [5, 5.41) is 4.98. The Labute approximate surface area is 371 Å². The minimum atomic E-state index is -4.00. The summed E-state index contributed by atoms with van der Waals surface area (Å²) in [5.41, 5.74) is 0.845. The molecule has 2 unspecified atom stereocenters. The fraction of sp³-hybridized carbons (Fsp3) is 0.333. The van der Waals surface area contributed by atoms with Crippen LogP contribution in [0.3, 0.4) is 0 Å². The molecular formula is C45H43F2N9O8S. The molecule has 17 nitrogen and oxygen atoms in total. The Balaban J connectivity index is 0.804. The largest absolute Gasteiger partial charge is 0.382 e. The molecule has 4 N–H and O–H groups in total. The number of H-pyrrole nitrogens is 1. The lowest BCUT2D eigenvalue weighted by atomic mass is 9.79. The molecule has 9 rings (SSSR count). The summed E-state index contributed by atoms with van der Waals surface area (Å²) in [6, 6.07) is 10.8. The van der Waals surface area contributed by atoms with Gasteiger partial charge < -0.3 is 20.1 Å². The highest BCUT2D eigenvalue weighted by Gasteiger charge is 2.46. The van der Waals surface area contributed by atoms with Crippen molar-refractivity contribution in [2.75, 3.05) is 41.1 Å². The molecule has 1 aliphatic carbocycles. The molecule has 0 bridgehead atoms. The van der Waals surface area contributed by atoms with Gasteiger partial charge >= 0.3 is 0 Å². The Hall–Kier alpha value is -7.09. The highest BCUT2D eigenvalue weighted by atomic mass is 32.2. The highest BCUT2D eigenvalue weighted by molar-refractivity contribution is 7.93. The van der Waals surface area contributed by atoms with Crippen LogP contribution in [0.1, 0.15) is 82.6 Å². The van der Waals surface area contributed by atoms with Crippen LogP contribution in [0.5, 0.6) is 0 Å². The van der Waals surface area contributed by atoms with E-state index in [0.29, 0.717) is 72.7 Å². The van der Waals surface area contributed by atoms with Crippen LogP contribution in [0, 0.1) is 17.6 Å². The van der Waals surface area contributed by atoms with Gasteiger partial charge in [0.15, 0.2) is 5.82 Å². The van der Waals surface area contributed by atoms with E-state index in [2.05, 4.69) is 35.2 Å². The Morgan fingerprint density at radius 3 is 2.38 bits per heavy atom. The first-order chi connectivity index (χ1) is 31.1. The number of aromatic nitrogens is 3. The number of carbonyl (C=O) groups is 6. The van der Waals surface area contributed by atoms with Gasteiger partial charge in [0.05, 0.1) is 27.6 Å². The number of pyridine rings is 2. The second-order valence-corrected chi connectivity index (χ2v) is 18.8. The van der Waals surface area contributed by atoms with E-state index >= 15 is 8.78 Å². The first kappa shape index (κ1) is 43.2. The van der Waals surface area contributed by atoms with Gasteiger partial charge in [-0.25, -0.2) is 27.2 Å². The van der Waals surface area contributed by atoms with Crippen LogP contribution < -0.4 is 20.3 Å². The van der Waals surface area contributed by atoms with Gasteiger partial charge in [-0.1, -0.05) is 13.0 Å². The van der Waals surface area contributed by atoms with Crippen molar-refractivity contribution in [1.29, 1.82) is 0 Å². The number of carbonyl (C=O) groups excluding carboxylic acids is 6. The predicted molar refractivity (Wildman–Crippen MR) is 233 cm³/mol. The molecular weight excluding hydrogens is 865 g/mol. The van der Waals surface area contributed by atoms with E-state index in [0.717, 1.165) is 17.0 Å². The number of piperidine rings is 1. The van der Waals surface area contributed by atoms with Gasteiger partial charge in [-0.15, -0.1) is 0 Å². The number of piperazine rings is 1. The summed E-state index contributed by atoms with van der Waals surface area (Å²) >= 11 is 0. The molecule has 5 amide bonds. The molecule has 5 aromatic rings. The summed E-state index contributed by atoms with van der Waals surface area (Å²) in [6.07, 6.45) is 5.94. The fourth-order valence-corrected chi connectivity index (χ4v) is 9.85. The van der Waals surface area contributed by atoms with Crippen molar-refractivity contribution in [3.8, 4) is 11.1 Å². The molecule has 2 atom stereocenters. The van der Waals surface area contributed by atoms with Crippen LogP contribution in [0.4, 0.5) is 26.0 Å². The van der Waals surface area contributed by atoms with Crippen molar-refractivity contribution < 1.29 is 46.0 Å². The van der Waals surface area contributed by atoms with Gasteiger partial charge in [0, 0.05) is 90.9 Å². The summed E-state index contributed by atoms with van der Waals surface area (Å²) in [7, 11) is -4.00. The summed E-state index contributed by atoms with van der Waals surface area (Å²) in [4.78, 5) is 94.9. The van der Waals surface area contributed by atoms with Crippen LogP contribution in [0.15, 0.2) is 67.1 Å². The van der Waals surface area contributed by atoms with Crippen molar-refractivity contribution in [2.45, 2.75) is 63.3 Å². The molecule has 3 aromatic heterocycles. The number of sulfonamides is 1. The molecule has 20 heteroatoms. The molecule has 2 aromatic carbocycles. The Morgan fingerprint density at radius 2 is 1.68 bits per heavy atom. The number of imide groups is 2. The number of hydrogen-bond donors (Lipinski definition) is 4. The summed E-state index contributed by atoms with van der Waals surface area (Å²) in [5.74, 6) is -5.27. The summed E-state index contributed by atoms with van der Waals surface area (Å²) in [6.45, 7) is 5.15. The topological polar surface area (TPSA) is 224 Å². The molecule has 1 saturated carbocycles. The molecule has 0 radical (unpaired) electrons. The minimum absolute atomic E-state index is 0.0264. The number of benzene rings is 2. The number of aromatic amines is 1. The van der Waals surface area contributed by atoms with Crippen molar-refractivity contribution >= 4 is 73.6 Å². The van der Waals surface area contributed by atoms with Crippen LogP contribution in [-0.4, -0.2) is 112 Å².